The van der Waals surface area contributed by atoms with E-state index in [1.807, 2.05) is 39.0 Å². The van der Waals surface area contributed by atoms with Crippen molar-refractivity contribution in [2.75, 3.05) is 24.7 Å². The SMILES string of the molecule is Cc1cc(C)c(OCC(=O)c2ccc3c(c2)N(CC(=O)NCc2cccnc2)C(=O)CO3)c(C)c1. The Bertz CT molecular complexity index is 1250. The highest BCUT2D eigenvalue weighted by Crippen LogP contribution is 2.33. The van der Waals surface area contributed by atoms with E-state index in [1.165, 1.54) is 4.90 Å². The number of nitrogens with zero attached hydrogens (tertiary/aromatic N) is 2. The molecule has 0 bridgehead atoms. The number of amides is 2. The number of nitrogens with one attached hydrogen (secondary N) is 1. The number of pyridine rings is 1. The zero-order chi connectivity index (χ0) is 24.9. The first-order valence-corrected chi connectivity index (χ1v) is 11.3. The summed E-state index contributed by atoms with van der Waals surface area (Å²) in [6.07, 6.45) is 3.32. The van der Waals surface area contributed by atoms with Crippen molar-refractivity contribution < 1.29 is 23.9 Å². The molecule has 0 fully saturated rings. The number of aromatic nitrogens is 1. The van der Waals surface area contributed by atoms with Crippen molar-refractivity contribution in [3.05, 3.63) is 82.7 Å². The maximum atomic E-state index is 12.9. The van der Waals surface area contributed by atoms with Crippen LogP contribution in [0.3, 0.4) is 0 Å². The van der Waals surface area contributed by atoms with E-state index in [0.717, 1.165) is 22.3 Å². The Balaban J connectivity index is 1.46. The number of carbonyl (C=O) groups is 3. The van der Waals surface area contributed by atoms with Gasteiger partial charge in [-0.05, 0) is 61.7 Å². The Labute approximate surface area is 203 Å². The van der Waals surface area contributed by atoms with Crippen molar-refractivity contribution in [3.63, 3.8) is 0 Å². The maximum absolute atomic E-state index is 12.9. The van der Waals surface area contributed by atoms with Gasteiger partial charge in [0.05, 0.1) is 5.69 Å². The topological polar surface area (TPSA) is 97.8 Å². The number of hydrogen-bond acceptors (Lipinski definition) is 6. The van der Waals surface area contributed by atoms with Crippen LogP contribution in [-0.2, 0) is 16.1 Å². The molecule has 0 saturated heterocycles. The van der Waals surface area contributed by atoms with E-state index >= 15 is 0 Å². The number of Topliss-reactive ketones (excluding diaryl/α,β-unsaturated/α-hetero) is 1. The summed E-state index contributed by atoms with van der Waals surface area (Å²) in [6.45, 7) is 5.68. The molecule has 0 unspecified atom stereocenters. The molecule has 0 spiro atoms. The Morgan fingerprint density at radius 1 is 1.11 bits per heavy atom. The third-order valence-corrected chi connectivity index (χ3v) is 5.69. The quantitative estimate of drug-likeness (QED) is 0.504. The number of aryl methyl sites for hydroxylation is 3. The standard InChI is InChI=1S/C27H27N3O5/c1-17-9-18(2)27(19(3)10-17)35-15-23(31)21-6-7-24-22(11-21)30(26(33)16-34-24)14-25(32)29-13-20-5-4-8-28-12-20/h4-12H,13-16H2,1-3H3,(H,29,32). The van der Waals surface area contributed by atoms with E-state index in [1.54, 1.807) is 36.7 Å². The highest BCUT2D eigenvalue weighted by atomic mass is 16.5. The van der Waals surface area contributed by atoms with Gasteiger partial charge in [0.1, 0.15) is 18.0 Å². The molecule has 1 aromatic heterocycles. The number of fused-ring (bicyclic) bond motifs is 1. The lowest BCUT2D eigenvalue weighted by Gasteiger charge is -2.29. The van der Waals surface area contributed by atoms with Crippen LogP contribution in [0.2, 0.25) is 0 Å². The van der Waals surface area contributed by atoms with Crippen molar-refractivity contribution in [3.8, 4) is 11.5 Å². The number of ether oxygens (including phenoxy) is 2. The monoisotopic (exact) mass is 473 g/mol. The van der Waals surface area contributed by atoms with Crippen molar-refractivity contribution in [1.29, 1.82) is 0 Å². The van der Waals surface area contributed by atoms with Crippen LogP contribution in [0.5, 0.6) is 11.5 Å². The number of ketones is 1. The van der Waals surface area contributed by atoms with Crippen molar-refractivity contribution in [2.24, 2.45) is 0 Å². The molecule has 2 aromatic carbocycles. The fraction of sp³-hybridized carbons (Fsp3) is 0.259. The third kappa shape index (κ3) is 5.66. The summed E-state index contributed by atoms with van der Waals surface area (Å²) < 4.78 is 11.3. The van der Waals surface area contributed by atoms with Crippen LogP contribution in [0.15, 0.2) is 54.9 Å². The molecule has 35 heavy (non-hydrogen) atoms. The average Bonchev–Trinajstić information content (AvgIpc) is 2.84. The van der Waals surface area contributed by atoms with Gasteiger partial charge in [-0.15, -0.1) is 0 Å². The highest BCUT2D eigenvalue weighted by molar-refractivity contribution is 6.04. The number of rotatable bonds is 8. The lowest BCUT2D eigenvalue weighted by molar-refractivity contribution is -0.125. The lowest BCUT2D eigenvalue weighted by Crippen LogP contribution is -2.45. The van der Waals surface area contributed by atoms with Crippen LogP contribution >= 0.6 is 0 Å². The summed E-state index contributed by atoms with van der Waals surface area (Å²) in [4.78, 5) is 43.4. The summed E-state index contributed by atoms with van der Waals surface area (Å²) in [5.41, 5.74) is 4.65. The molecule has 2 heterocycles. The summed E-state index contributed by atoms with van der Waals surface area (Å²) in [5, 5.41) is 2.79. The van der Waals surface area contributed by atoms with Gasteiger partial charge < -0.3 is 14.8 Å². The molecule has 2 amide bonds. The van der Waals surface area contributed by atoms with Crippen LogP contribution in [-0.4, -0.2) is 42.3 Å². The first-order valence-electron chi connectivity index (χ1n) is 11.3. The van der Waals surface area contributed by atoms with Crippen LogP contribution < -0.4 is 19.7 Å². The molecule has 8 heteroatoms. The van der Waals surface area contributed by atoms with E-state index in [0.29, 0.717) is 29.3 Å². The van der Waals surface area contributed by atoms with Gasteiger partial charge in [-0.2, -0.15) is 0 Å². The molecule has 180 valence electrons. The Morgan fingerprint density at radius 2 is 1.89 bits per heavy atom. The number of benzene rings is 2. The zero-order valence-corrected chi connectivity index (χ0v) is 20.0. The lowest BCUT2D eigenvalue weighted by atomic mass is 10.1. The van der Waals surface area contributed by atoms with Crippen LogP contribution in [0.4, 0.5) is 5.69 Å². The zero-order valence-electron chi connectivity index (χ0n) is 20.0. The van der Waals surface area contributed by atoms with Gasteiger partial charge in [-0.3, -0.25) is 24.3 Å². The maximum Gasteiger partial charge on any atom is 0.265 e. The first kappa shape index (κ1) is 23.9. The van der Waals surface area contributed by atoms with Gasteiger partial charge in [0, 0.05) is 24.5 Å². The largest absolute Gasteiger partial charge is 0.485 e. The average molecular weight is 474 g/mol. The number of carbonyl (C=O) groups excluding carboxylic acids is 3. The van der Waals surface area contributed by atoms with Crippen LogP contribution in [0.1, 0.15) is 32.6 Å². The van der Waals surface area contributed by atoms with E-state index in [9.17, 15) is 14.4 Å². The van der Waals surface area contributed by atoms with E-state index < -0.39 is 0 Å². The minimum atomic E-state index is -0.360. The van der Waals surface area contributed by atoms with E-state index in [2.05, 4.69) is 10.3 Å². The van der Waals surface area contributed by atoms with Gasteiger partial charge >= 0.3 is 0 Å². The molecule has 1 aliphatic rings. The summed E-state index contributed by atoms with van der Waals surface area (Å²) in [5.74, 6) is 0.187. The Kier molecular flexibility index (Phi) is 7.10. The molecule has 0 aliphatic carbocycles. The van der Waals surface area contributed by atoms with Crippen molar-refractivity contribution in [1.82, 2.24) is 10.3 Å². The highest BCUT2D eigenvalue weighted by Gasteiger charge is 2.28. The number of anilines is 1. The third-order valence-electron chi connectivity index (χ3n) is 5.69. The van der Waals surface area contributed by atoms with E-state index in [4.69, 9.17) is 9.47 Å². The molecule has 1 N–H and O–H groups in total. The van der Waals surface area contributed by atoms with Crippen molar-refractivity contribution >= 4 is 23.3 Å². The molecule has 3 aromatic rings. The second kappa shape index (κ2) is 10.4. The minimum Gasteiger partial charge on any atom is -0.485 e. The molecule has 4 rings (SSSR count). The van der Waals surface area contributed by atoms with Gasteiger partial charge in [-0.1, -0.05) is 23.8 Å². The smallest absolute Gasteiger partial charge is 0.265 e. The van der Waals surface area contributed by atoms with Gasteiger partial charge in [0.15, 0.2) is 19.0 Å². The first-order chi connectivity index (χ1) is 16.8. The van der Waals surface area contributed by atoms with E-state index in [-0.39, 0.29) is 37.4 Å². The van der Waals surface area contributed by atoms with Gasteiger partial charge in [0.2, 0.25) is 5.91 Å². The number of hydrogen-bond donors (Lipinski definition) is 1. The Morgan fingerprint density at radius 3 is 2.60 bits per heavy atom. The Hall–Kier alpha value is -4.20. The molecule has 0 radical (unpaired) electrons. The summed E-state index contributed by atoms with van der Waals surface area (Å²) in [6, 6.07) is 12.5. The fourth-order valence-electron chi connectivity index (χ4n) is 4.07. The minimum absolute atomic E-state index is 0.149. The molecule has 0 saturated carbocycles. The summed E-state index contributed by atoms with van der Waals surface area (Å²) >= 11 is 0. The molecule has 0 atom stereocenters. The molecular weight excluding hydrogens is 446 g/mol. The van der Waals surface area contributed by atoms with Crippen LogP contribution in [0, 0.1) is 20.8 Å². The summed E-state index contributed by atoms with van der Waals surface area (Å²) in [7, 11) is 0. The van der Waals surface area contributed by atoms with Crippen LogP contribution in [0.25, 0.3) is 0 Å². The predicted molar refractivity (Wildman–Crippen MR) is 131 cm³/mol. The predicted octanol–water partition coefficient (Wildman–Crippen LogP) is 3.31. The second-order valence-electron chi connectivity index (χ2n) is 8.53. The molecule has 1 aliphatic heterocycles. The van der Waals surface area contributed by atoms with Gasteiger partial charge in [0.25, 0.3) is 5.91 Å². The second-order valence-corrected chi connectivity index (χ2v) is 8.53. The fourth-order valence-corrected chi connectivity index (χ4v) is 4.07. The molecule has 8 nitrogen and oxygen atoms in total. The van der Waals surface area contributed by atoms with Crippen molar-refractivity contribution in [2.45, 2.75) is 27.3 Å². The van der Waals surface area contributed by atoms with Gasteiger partial charge in [-0.25, -0.2) is 0 Å². The normalized spacial score (nSPS) is 12.5. The molecular formula is C27H27N3O5.